The highest BCUT2D eigenvalue weighted by Gasteiger charge is 2.33. The van der Waals surface area contributed by atoms with Gasteiger partial charge in [0.25, 0.3) is 5.91 Å². The summed E-state index contributed by atoms with van der Waals surface area (Å²) in [6, 6.07) is 17.0. The minimum atomic E-state index is -0.456. The van der Waals surface area contributed by atoms with Gasteiger partial charge in [0, 0.05) is 17.7 Å². The molecular weight excluding hydrogens is 466 g/mol. The lowest BCUT2D eigenvalue weighted by atomic mass is 9.98. The number of aryl methyl sites for hydroxylation is 2. The molecule has 1 unspecified atom stereocenters. The Balaban J connectivity index is 1.39. The van der Waals surface area contributed by atoms with Gasteiger partial charge in [-0.05, 0) is 37.1 Å². The first kappa shape index (κ1) is 24.5. The molecule has 4 rings (SSSR count). The van der Waals surface area contributed by atoms with Gasteiger partial charge in [-0.15, -0.1) is 11.8 Å². The highest BCUT2D eigenvalue weighted by Crippen LogP contribution is 2.33. The summed E-state index contributed by atoms with van der Waals surface area (Å²) in [5.74, 6) is 1.35. The number of aromatic nitrogens is 1. The number of benzene rings is 2. The Morgan fingerprint density at radius 1 is 1.11 bits per heavy atom. The van der Waals surface area contributed by atoms with Crippen molar-refractivity contribution in [2.24, 2.45) is 5.10 Å². The third-order valence-electron chi connectivity index (χ3n) is 5.78. The predicted molar refractivity (Wildman–Crippen MR) is 133 cm³/mol. The summed E-state index contributed by atoms with van der Waals surface area (Å²) in [6.07, 6.45) is 0.559. The molecule has 1 aliphatic heterocycles. The molecule has 182 valence electrons. The smallest absolute Gasteiger partial charge is 0.316 e. The van der Waals surface area contributed by atoms with Gasteiger partial charge in [0.05, 0.1) is 30.3 Å². The molecule has 0 spiro atoms. The van der Waals surface area contributed by atoms with Crippen LogP contribution in [0.2, 0.25) is 0 Å². The van der Waals surface area contributed by atoms with Gasteiger partial charge in [0.15, 0.2) is 6.61 Å². The third kappa shape index (κ3) is 5.92. The molecule has 2 heterocycles. The highest BCUT2D eigenvalue weighted by atomic mass is 32.2. The van der Waals surface area contributed by atoms with E-state index in [9.17, 15) is 9.59 Å². The number of rotatable bonds is 9. The van der Waals surface area contributed by atoms with E-state index in [4.69, 9.17) is 14.0 Å². The summed E-state index contributed by atoms with van der Waals surface area (Å²) in [7, 11) is 1.61. The SMILES string of the molecule is COc1ccc(C2CC(c3ccccc3)=NN2C(=O)COC(=O)CSCc2c(C)noc2C)cc1. The van der Waals surface area contributed by atoms with Crippen LogP contribution in [0.5, 0.6) is 5.75 Å². The molecule has 1 atom stereocenters. The van der Waals surface area contributed by atoms with Crippen molar-refractivity contribution in [2.75, 3.05) is 19.5 Å². The van der Waals surface area contributed by atoms with Crippen LogP contribution in [-0.2, 0) is 20.1 Å². The summed E-state index contributed by atoms with van der Waals surface area (Å²) in [4.78, 5) is 25.3. The molecule has 0 saturated carbocycles. The number of ether oxygens (including phenoxy) is 2. The molecule has 0 radical (unpaired) electrons. The van der Waals surface area contributed by atoms with Crippen LogP contribution in [0, 0.1) is 13.8 Å². The van der Waals surface area contributed by atoms with E-state index in [0.717, 1.165) is 39.6 Å². The van der Waals surface area contributed by atoms with Gasteiger partial charge < -0.3 is 14.0 Å². The standard InChI is InChI=1S/C26H27N3O5S/c1-17-22(18(2)34-28-17)15-35-16-26(31)33-14-25(30)29-24(20-9-11-21(32-3)12-10-20)13-23(27-29)19-7-5-4-6-8-19/h4-12,24H,13-16H2,1-3H3. The van der Waals surface area contributed by atoms with Gasteiger partial charge in [0.1, 0.15) is 11.5 Å². The molecule has 0 fully saturated rings. The number of carbonyl (C=O) groups excluding carboxylic acids is 2. The second kappa shape index (κ2) is 11.2. The molecule has 1 aromatic heterocycles. The van der Waals surface area contributed by atoms with E-state index in [-0.39, 0.29) is 24.3 Å². The van der Waals surface area contributed by atoms with E-state index in [1.165, 1.54) is 16.8 Å². The third-order valence-corrected chi connectivity index (χ3v) is 6.71. The molecule has 1 amide bonds. The normalized spacial score (nSPS) is 15.1. The fourth-order valence-electron chi connectivity index (χ4n) is 3.83. The molecule has 0 saturated heterocycles. The van der Waals surface area contributed by atoms with Gasteiger partial charge in [-0.1, -0.05) is 47.6 Å². The fourth-order valence-corrected chi connectivity index (χ4v) is 4.79. The van der Waals surface area contributed by atoms with Crippen LogP contribution in [0.4, 0.5) is 0 Å². The summed E-state index contributed by atoms with van der Waals surface area (Å²) in [5, 5.41) is 9.95. The van der Waals surface area contributed by atoms with Crippen LogP contribution in [0.15, 0.2) is 64.2 Å². The number of nitrogens with zero attached hydrogens (tertiary/aromatic N) is 3. The second-order valence-electron chi connectivity index (χ2n) is 8.10. The molecule has 9 heteroatoms. The van der Waals surface area contributed by atoms with Crippen molar-refractivity contribution >= 4 is 29.4 Å². The lowest BCUT2D eigenvalue weighted by Crippen LogP contribution is -2.31. The monoisotopic (exact) mass is 493 g/mol. The van der Waals surface area contributed by atoms with Crippen molar-refractivity contribution < 1.29 is 23.6 Å². The van der Waals surface area contributed by atoms with Crippen molar-refractivity contribution in [3.05, 3.63) is 82.7 Å². The lowest BCUT2D eigenvalue weighted by molar-refractivity contribution is -0.150. The van der Waals surface area contributed by atoms with Crippen LogP contribution < -0.4 is 4.74 Å². The Kier molecular flexibility index (Phi) is 7.87. The van der Waals surface area contributed by atoms with E-state index in [2.05, 4.69) is 10.3 Å². The lowest BCUT2D eigenvalue weighted by Gasteiger charge is -2.22. The zero-order valence-corrected chi connectivity index (χ0v) is 20.7. The first-order valence-electron chi connectivity index (χ1n) is 11.2. The first-order chi connectivity index (χ1) is 17.0. The summed E-state index contributed by atoms with van der Waals surface area (Å²) >= 11 is 1.39. The Morgan fingerprint density at radius 3 is 2.51 bits per heavy atom. The summed E-state index contributed by atoms with van der Waals surface area (Å²) in [5.41, 5.74) is 4.47. The van der Waals surface area contributed by atoms with E-state index in [0.29, 0.717) is 12.2 Å². The maximum absolute atomic E-state index is 13.1. The first-order valence-corrected chi connectivity index (χ1v) is 12.4. The van der Waals surface area contributed by atoms with Crippen LogP contribution in [-0.4, -0.2) is 47.2 Å². The largest absolute Gasteiger partial charge is 0.497 e. The number of hydrogen-bond acceptors (Lipinski definition) is 8. The van der Waals surface area contributed by atoms with Crippen molar-refractivity contribution in [2.45, 2.75) is 32.1 Å². The fraction of sp³-hybridized carbons (Fsp3) is 0.308. The zero-order valence-electron chi connectivity index (χ0n) is 19.9. The Bertz CT molecular complexity index is 1190. The molecule has 0 aliphatic carbocycles. The number of methoxy groups -OCH3 is 1. The van der Waals surface area contributed by atoms with Crippen LogP contribution in [0.1, 0.15) is 40.6 Å². The molecule has 0 N–H and O–H groups in total. The topological polar surface area (TPSA) is 94.2 Å². The van der Waals surface area contributed by atoms with Crippen LogP contribution in [0.3, 0.4) is 0 Å². The molecule has 1 aliphatic rings. The molecule has 0 bridgehead atoms. The molecule has 3 aromatic rings. The number of hydrogen-bond donors (Lipinski definition) is 0. The van der Waals surface area contributed by atoms with Gasteiger partial charge in [-0.3, -0.25) is 9.59 Å². The highest BCUT2D eigenvalue weighted by molar-refractivity contribution is 7.99. The molecule has 8 nitrogen and oxygen atoms in total. The number of carbonyl (C=O) groups is 2. The molecule has 35 heavy (non-hydrogen) atoms. The van der Waals surface area contributed by atoms with Crippen molar-refractivity contribution in [3.8, 4) is 5.75 Å². The average Bonchev–Trinajstić information content (AvgIpc) is 3.47. The van der Waals surface area contributed by atoms with E-state index < -0.39 is 5.97 Å². The number of amides is 1. The Hall–Kier alpha value is -3.59. The quantitative estimate of drug-likeness (QED) is 0.406. The average molecular weight is 494 g/mol. The molecular formula is C26H27N3O5S. The van der Waals surface area contributed by atoms with Crippen molar-refractivity contribution in [1.82, 2.24) is 10.2 Å². The van der Waals surface area contributed by atoms with E-state index >= 15 is 0 Å². The van der Waals surface area contributed by atoms with Gasteiger partial charge in [-0.25, -0.2) is 5.01 Å². The summed E-state index contributed by atoms with van der Waals surface area (Å²) in [6.45, 7) is 3.33. The zero-order chi connectivity index (χ0) is 24.8. The summed E-state index contributed by atoms with van der Waals surface area (Å²) < 4.78 is 15.7. The van der Waals surface area contributed by atoms with Crippen LogP contribution >= 0.6 is 11.8 Å². The minimum Gasteiger partial charge on any atom is -0.497 e. The maximum atomic E-state index is 13.1. The Morgan fingerprint density at radius 2 is 1.86 bits per heavy atom. The number of hydrazone groups is 1. The number of thioether (sulfide) groups is 1. The second-order valence-corrected chi connectivity index (χ2v) is 9.09. The van der Waals surface area contributed by atoms with Crippen molar-refractivity contribution in [3.63, 3.8) is 0 Å². The van der Waals surface area contributed by atoms with Gasteiger partial charge in [-0.2, -0.15) is 5.10 Å². The van der Waals surface area contributed by atoms with Gasteiger partial charge in [0.2, 0.25) is 0 Å². The van der Waals surface area contributed by atoms with E-state index in [1.807, 2.05) is 68.4 Å². The Labute approximate surface area is 208 Å². The van der Waals surface area contributed by atoms with E-state index in [1.54, 1.807) is 7.11 Å². The predicted octanol–water partition coefficient (Wildman–Crippen LogP) is 4.45. The molecule has 2 aromatic carbocycles. The minimum absolute atomic E-state index is 0.123. The maximum Gasteiger partial charge on any atom is 0.316 e. The van der Waals surface area contributed by atoms with Crippen LogP contribution in [0.25, 0.3) is 0 Å². The van der Waals surface area contributed by atoms with Crippen molar-refractivity contribution in [1.29, 1.82) is 0 Å². The van der Waals surface area contributed by atoms with Gasteiger partial charge >= 0.3 is 5.97 Å². The number of esters is 1.